The van der Waals surface area contributed by atoms with Crippen molar-refractivity contribution in [1.29, 1.82) is 0 Å². The largest absolute Gasteiger partial charge is 0.388 e. The van der Waals surface area contributed by atoms with Gasteiger partial charge in [-0.25, -0.2) is 0 Å². The SMILES string of the molecule is CC(C)C1OCC1O. The van der Waals surface area contributed by atoms with Gasteiger partial charge in [-0.15, -0.1) is 0 Å². The van der Waals surface area contributed by atoms with Crippen molar-refractivity contribution in [2.45, 2.75) is 26.1 Å². The van der Waals surface area contributed by atoms with E-state index in [2.05, 4.69) is 0 Å². The lowest BCUT2D eigenvalue weighted by atomic mass is 9.98. The summed E-state index contributed by atoms with van der Waals surface area (Å²) in [5.41, 5.74) is 0. The Labute approximate surface area is 49.5 Å². The summed E-state index contributed by atoms with van der Waals surface area (Å²) in [5.74, 6) is 0.457. The molecule has 0 amide bonds. The molecule has 2 heteroatoms. The summed E-state index contributed by atoms with van der Waals surface area (Å²) < 4.78 is 5.05. The van der Waals surface area contributed by atoms with Gasteiger partial charge in [0, 0.05) is 0 Å². The summed E-state index contributed by atoms with van der Waals surface area (Å²) in [6.45, 7) is 4.63. The first-order valence-corrected chi connectivity index (χ1v) is 3.01. The first-order chi connectivity index (χ1) is 3.72. The van der Waals surface area contributed by atoms with Crippen molar-refractivity contribution in [1.82, 2.24) is 0 Å². The zero-order valence-electron chi connectivity index (χ0n) is 5.29. The van der Waals surface area contributed by atoms with Gasteiger partial charge in [-0.2, -0.15) is 0 Å². The Bertz CT molecular complexity index is 75.8. The van der Waals surface area contributed by atoms with Crippen molar-refractivity contribution in [3.05, 3.63) is 0 Å². The van der Waals surface area contributed by atoms with E-state index in [-0.39, 0.29) is 12.2 Å². The van der Waals surface area contributed by atoms with Crippen LogP contribution in [0.3, 0.4) is 0 Å². The number of aliphatic hydroxyl groups is 1. The average Bonchev–Trinajstić information content (AvgIpc) is 1.61. The first-order valence-electron chi connectivity index (χ1n) is 3.01. The number of rotatable bonds is 1. The van der Waals surface area contributed by atoms with Crippen LogP contribution in [0.1, 0.15) is 13.8 Å². The number of aliphatic hydroxyl groups excluding tert-OH is 1. The lowest BCUT2D eigenvalue weighted by Gasteiger charge is -2.35. The lowest BCUT2D eigenvalue weighted by molar-refractivity contribution is -0.179. The molecule has 2 nitrogen and oxygen atoms in total. The van der Waals surface area contributed by atoms with Gasteiger partial charge in [-0.3, -0.25) is 0 Å². The number of hydrogen-bond acceptors (Lipinski definition) is 2. The second-order valence-electron chi connectivity index (χ2n) is 2.61. The molecule has 1 N–H and O–H groups in total. The summed E-state index contributed by atoms with van der Waals surface area (Å²) in [6.07, 6.45) is -0.0926. The molecule has 0 aromatic carbocycles. The minimum absolute atomic E-state index is 0.106. The molecular weight excluding hydrogens is 104 g/mol. The van der Waals surface area contributed by atoms with E-state index in [0.717, 1.165) is 0 Å². The maximum atomic E-state index is 8.95. The van der Waals surface area contributed by atoms with Crippen molar-refractivity contribution in [2.24, 2.45) is 5.92 Å². The van der Waals surface area contributed by atoms with Crippen LogP contribution < -0.4 is 0 Å². The molecule has 2 atom stereocenters. The van der Waals surface area contributed by atoms with Crippen LogP contribution in [0.2, 0.25) is 0 Å². The van der Waals surface area contributed by atoms with Gasteiger partial charge in [0.25, 0.3) is 0 Å². The van der Waals surface area contributed by atoms with Gasteiger partial charge < -0.3 is 9.84 Å². The van der Waals surface area contributed by atoms with Gasteiger partial charge in [0.15, 0.2) is 0 Å². The summed E-state index contributed by atoms with van der Waals surface area (Å²) >= 11 is 0. The molecule has 0 aromatic rings. The average molecular weight is 116 g/mol. The molecule has 0 aromatic heterocycles. The van der Waals surface area contributed by atoms with Crippen molar-refractivity contribution < 1.29 is 9.84 Å². The molecule has 0 bridgehead atoms. The third-order valence-electron chi connectivity index (χ3n) is 1.50. The van der Waals surface area contributed by atoms with Crippen LogP contribution in [0.5, 0.6) is 0 Å². The van der Waals surface area contributed by atoms with E-state index in [9.17, 15) is 0 Å². The summed E-state index contributed by atoms with van der Waals surface area (Å²) in [7, 11) is 0. The van der Waals surface area contributed by atoms with E-state index >= 15 is 0 Å². The monoisotopic (exact) mass is 116 g/mol. The Morgan fingerprint density at radius 2 is 2.25 bits per heavy atom. The Hall–Kier alpha value is -0.0800. The molecule has 1 aliphatic rings. The second-order valence-corrected chi connectivity index (χ2v) is 2.61. The normalized spacial score (nSPS) is 37.5. The van der Waals surface area contributed by atoms with Crippen LogP contribution in [-0.2, 0) is 4.74 Å². The van der Waals surface area contributed by atoms with Crippen LogP contribution in [-0.4, -0.2) is 23.9 Å². The van der Waals surface area contributed by atoms with Gasteiger partial charge in [0.1, 0.15) is 6.10 Å². The standard InChI is InChI=1S/C6H12O2/c1-4(2)6-5(7)3-8-6/h4-7H,3H2,1-2H3. The van der Waals surface area contributed by atoms with Gasteiger partial charge in [0.2, 0.25) is 0 Å². The molecule has 1 rings (SSSR count). The van der Waals surface area contributed by atoms with E-state index in [0.29, 0.717) is 12.5 Å². The second kappa shape index (κ2) is 2.03. The maximum absolute atomic E-state index is 8.95. The highest BCUT2D eigenvalue weighted by atomic mass is 16.5. The van der Waals surface area contributed by atoms with E-state index in [1.165, 1.54) is 0 Å². The molecule has 0 aliphatic carbocycles. The van der Waals surface area contributed by atoms with Crippen LogP contribution in [0.25, 0.3) is 0 Å². The fourth-order valence-corrected chi connectivity index (χ4v) is 0.930. The van der Waals surface area contributed by atoms with E-state index in [4.69, 9.17) is 9.84 Å². The minimum Gasteiger partial charge on any atom is -0.388 e. The molecule has 1 saturated heterocycles. The van der Waals surface area contributed by atoms with Crippen molar-refractivity contribution >= 4 is 0 Å². The quantitative estimate of drug-likeness (QED) is 0.537. The lowest BCUT2D eigenvalue weighted by Crippen LogP contribution is -2.47. The zero-order chi connectivity index (χ0) is 6.15. The van der Waals surface area contributed by atoms with Gasteiger partial charge in [0.05, 0.1) is 12.7 Å². The maximum Gasteiger partial charge on any atom is 0.104 e. The fraction of sp³-hybridized carbons (Fsp3) is 1.00. The molecule has 8 heavy (non-hydrogen) atoms. The summed E-state index contributed by atoms with van der Waals surface area (Å²) in [6, 6.07) is 0. The molecule has 2 unspecified atom stereocenters. The van der Waals surface area contributed by atoms with E-state index < -0.39 is 0 Å². The van der Waals surface area contributed by atoms with Crippen LogP contribution in [0, 0.1) is 5.92 Å². The molecule has 0 spiro atoms. The highest BCUT2D eigenvalue weighted by molar-refractivity contribution is 4.79. The predicted molar refractivity (Wildman–Crippen MR) is 30.6 cm³/mol. The molecule has 48 valence electrons. The molecule has 1 heterocycles. The highest BCUT2D eigenvalue weighted by Crippen LogP contribution is 2.19. The van der Waals surface area contributed by atoms with Crippen LogP contribution >= 0.6 is 0 Å². The number of ether oxygens (including phenoxy) is 1. The Balaban J connectivity index is 2.26. The Morgan fingerprint density at radius 1 is 1.62 bits per heavy atom. The smallest absolute Gasteiger partial charge is 0.104 e. The van der Waals surface area contributed by atoms with E-state index in [1.807, 2.05) is 13.8 Å². The fourth-order valence-electron chi connectivity index (χ4n) is 0.930. The van der Waals surface area contributed by atoms with Gasteiger partial charge in [-0.05, 0) is 5.92 Å². The van der Waals surface area contributed by atoms with Crippen LogP contribution in [0.4, 0.5) is 0 Å². The summed E-state index contributed by atoms with van der Waals surface area (Å²) in [5, 5.41) is 8.95. The topological polar surface area (TPSA) is 29.5 Å². The molecular formula is C6H12O2. The molecule has 0 radical (unpaired) electrons. The van der Waals surface area contributed by atoms with Gasteiger partial charge >= 0.3 is 0 Å². The Kier molecular flexibility index (Phi) is 1.54. The van der Waals surface area contributed by atoms with Gasteiger partial charge in [-0.1, -0.05) is 13.8 Å². The van der Waals surface area contributed by atoms with E-state index in [1.54, 1.807) is 0 Å². The molecule has 0 saturated carbocycles. The summed E-state index contributed by atoms with van der Waals surface area (Å²) in [4.78, 5) is 0. The minimum atomic E-state index is -0.199. The first kappa shape index (κ1) is 6.05. The highest BCUT2D eigenvalue weighted by Gasteiger charge is 2.32. The Morgan fingerprint density at radius 3 is 2.25 bits per heavy atom. The molecule has 1 aliphatic heterocycles. The zero-order valence-corrected chi connectivity index (χ0v) is 5.29. The van der Waals surface area contributed by atoms with Crippen LogP contribution in [0.15, 0.2) is 0 Å². The third-order valence-corrected chi connectivity index (χ3v) is 1.50. The predicted octanol–water partition coefficient (Wildman–Crippen LogP) is 0.402. The number of hydrogen-bond donors (Lipinski definition) is 1. The third kappa shape index (κ3) is 0.858. The van der Waals surface area contributed by atoms with Crippen molar-refractivity contribution in [3.8, 4) is 0 Å². The van der Waals surface area contributed by atoms with Crippen molar-refractivity contribution in [3.63, 3.8) is 0 Å². The molecule has 1 fully saturated rings. The van der Waals surface area contributed by atoms with Crippen molar-refractivity contribution in [2.75, 3.05) is 6.61 Å².